The van der Waals surface area contributed by atoms with E-state index in [1.807, 2.05) is 0 Å². The molecule has 5 heteroatoms. The van der Waals surface area contributed by atoms with Crippen molar-refractivity contribution in [2.75, 3.05) is 7.11 Å². The van der Waals surface area contributed by atoms with Crippen LogP contribution in [-0.4, -0.2) is 17.8 Å². The third-order valence-corrected chi connectivity index (χ3v) is 3.47. The Labute approximate surface area is 102 Å². The van der Waals surface area contributed by atoms with Gasteiger partial charge in [0.25, 0.3) is 0 Å². The van der Waals surface area contributed by atoms with Gasteiger partial charge in [0.1, 0.15) is 5.82 Å². The largest absolute Gasteiger partial charge is 0.504 e. The third-order valence-electron chi connectivity index (χ3n) is 2.88. The summed E-state index contributed by atoms with van der Waals surface area (Å²) in [6.45, 7) is 0. The number of hydrogen-bond acceptors (Lipinski definition) is 3. The Balaban J connectivity index is 2.43. The maximum absolute atomic E-state index is 13.7. The minimum Gasteiger partial charge on any atom is -0.504 e. The van der Waals surface area contributed by atoms with E-state index in [9.17, 15) is 9.50 Å². The molecule has 3 nitrogen and oxygen atoms in total. The molecule has 0 amide bonds. The summed E-state index contributed by atoms with van der Waals surface area (Å²) in [6, 6.07) is 1.29. The quantitative estimate of drug-likeness (QED) is 0.898. The van der Waals surface area contributed by atoms with Crippen molar-refractivity contribution in [3.8, 4) is 11.5 Å². The van der Waals surface area contributed by atoms with Gasteiger partial charge in [-0.15, -0.1) is 0 Å². The van der Waals surface area contributed by atoms with Gasteiger partial charge in [0.15, 0.2) is 11.5 Å². The van der Waals surface area contributed by atoms with Crippen molar-refractivity contribution in [3.63, 3.8) is 0 Å². The summed E-state index contributed by atoms with van der Waals surface area (Å²) < 4.78 is 19.1. The number of phenolic OH excluding ortho intramolecular Hbond substituents is 1. The zero-order chi connectivity index (χ0) is 11.9. The Morgan fingerprint density at radius 1 is 1.62 bits per heavy atom. The van der Waals surface area contributed by atoms with Crippen LogP contribution in [0.15, 0.2) is 10.5 Å². The molecule has 0 aromatic heterocycles. The summed E-state index contributed by atoms with van der Waals surface area (Å²) >= 11 is 3.13. The lowest BCUT2D eigenvalue weighted by Gasteiger charge is -2.14. The molecule has 1 aromatic rings. The lowest BCUT2D eigenvalue weighted by atomic mass is 10.0. The Bertz CT molecular complexity index is 432. The monoisotopic (exact) mass is 289 g/mol. The Morgan fingerprint density at radius 3 is 2.75 bits per heavy atom. The predicted molar refractivity (Wildman–Crippen MR) is 62.2 cm³/mol. The van der Waals surface area contributed by atoms with Crippen LogP contribution in [0.1, 0.15) is 18.4 Å². The van der Waals surface area contributed by atoms with Crippen molar-refractivity contribution in [2.24, 2.45) is 5.73 Å². The van der Waals surface area contributed by atoms with E-state index in [1.165, 1.54) is 13.2 Å². The maximum atomic E-state index is 13.7. The van der Waals surface area contributed by atoms with E-state index in [0.717, 1.165) is 12.8 Å². The third kappa shape index (κ3) is 2.01. The van der Waals surface area contributed by atoms with Gasteiger partial charge >= 0.3 is 0 Å². The Hall–Kier alpha value is -0.810. The summed E-state index contributed by atoms with van der Waals surface area (Å²) in [5.74, 6) is -0.367. The standard InChI is InChI=1S/C11H13BrFNO2/c1-16-10-7(12)4-8(13)6(9(10)15)5-11(14)2-3-11/h4,15H,2-3,5,14H2,1H3. The first-order chi connectivity index (χ1) is 7.47. The first-order valence-electron chi connectivity index (χ1n) is 4.99. The predicted octanol–water partition coefficient (Wildman–Crippen LogP) is 2.34. The molecule has 0 bridgehead atoms. The van der Waals surface area contributed by atoms with Crippen LogP contribution in [0.5, 0.6) is 11.5 Å². The van der Waals surface area contributed by atoms with Gasteiger partial charge in [0.05, 0.1) is 11.6 Å². The molecular formula is C11H13BrFNO2. The van der Waals surface area contributed by atoms with E-state index in [4.69, 9.17) is 10.5 Å². The highest BCUT2D eigenvalue weighted by atomic mass is 79.9. The van der Waals surface area contributed by atoms with Gasteiger partial charge in [0, 0.05) is 11.1 Å². The summed E-state index contributed by atoms with van der Waals surface area (Å²) in [7, 11) is 1.43. The highest BCUT2D eigenvalue weighted by Crippen LogP contribution is 2.43. The number of phenols is 1. The number of rotatable bonds is 3. The van der Waals surface area contributed by atoms with Crippen molar-refractivity contribution >= 4 is 15.9 Å². The van der Waals surface area contributed by atoms with E-state index < -0.39 is 5.82 Å². The molecule has 3 N–H and O–H groups in total. The fraction of sp³-hybridized carbons (Fsp3) is 0.455. The van der Waals surface area contributed by atoms with Crippen LogP contribution in [0.3, 0.4) is 0 Å². The summed E-state index contributed by atoms with van der Waals surface area (Å²) in [5.41, 5.74) is 5.80. The molecule has 1 aliphatic carbocycles. The van der Waals surface area contributed by atoms with Crippen LogP contribution < -0.4 is 10.5 Å². The van der Waals surface area contributed by atoms with Gasteiger partial charge in [-0.1, -0.05) is 0 Å². The summed E-state index contributed by atoms with van der Waals surface area (Å²) in [6.07, 6.45) is 2.07. The molecular weight excluding hydrogens is 277 g/mol. The summed E-state index contributed by atoms with van der Waals surface area (Å²) in [5, 5.41) is 9.89. The average Bonchev–Trinajstić information content (AvgIpc) is 2.92. The van der Waals surface area contributed by atoms with Gasteiger partial charge in [-0.3, -0.25) is 0 Å². The lowest BCUT2D eigenvalue weighted by molar-refractivity contribution is 0.363. The highest BCUT2D eigenvalue weighted by molar-refractivity contribution is 9.10. The number of methoxy groups -OCH3 is 1. The number of benzene rings is 1. The van der Waals surface area contributed by atoms with Crippen molar-refractivity contribution in [1.29, 1.82) is 0 Å². The number of ether oxygens (including phenoxy) is 1. The zero-order valence-electron chi connectivity index (χ0n) is 8.89. The molecule has 1 saturated carbocycles. The first-order valence-corrected chi connectivity index (χ1v) is 5.79. The number of aromatic hydroxyl groups is 1. The van der Waals surface area contributed by atoms with Crippen LogP contribution in [0.2, 0.25) is 0 Å². The normalized spacial score (nSPS) is 17.2. The van der Waals surface area contributed by atoms with E-state index in [0.29, 0.717) is 10.9 Å². The minimum atomic E-state index is -0.457. The van der Waals surface area contributed by atoms with Crippen molar-refractivity contribution < 1.29 is 14.2 Å². The fourth-order valence-corrected chi connectivity index (χ4v) is 2.23. The Kier molecular flexibility index (Phi) is 2.84. The van der Waals surface area contributed by atoms with E-state index in [-0.39, 0.29) is 22.6 Å². The Morgan fingerprint density at radius 2 is 2.25 bits per heavy atom. The zero-order valence-corrected chi connectivity index (χ0v) is 10.5. The minimum absolute atomic E-state index is 0.161. The molecule has 0 spiro atoms. The molecule has 0 radical (unpaired) electrons. The second-order valence-electron chi connectivity index (χ2n) is 4.24. The van der Waals surface area contributed by atoms with E-state index in [2.05, 4.69) is 15.9 Å². The van der Waals surface area contributed by atoms with Crippen molar-refractivity contribution in [2.45, 2.75) is 24.8 Å². The van der Waals surface area contributed by atoms with E-state index >= 15 is 0 Å². The van der Waals surface area contributed by atoms with Crippen LogP contribution in [-0.2, 0) is 6.42 Å². The second-order valence-corrected chi connectivity index (χ2v) is 5.09. The van der Waals surface area contributed by atoms with Gasteiger partial charge < -0.3 is 15.6 Å². The number of hydrogen-bond donors (Lipinski definition) is 2. The van der Waals surface area contributed by atoms with Gasteiger partial charge in [-0.2, -0.15) is 0 Å². The second kappa shape index (κ2) is 3.89. The van der Waals surface area contributed by atoms with Crippen LogP contribution in [0, 0.1) is 5.82 Å². The SMILES string of the molecule is COc1c(Br)cc(F)c(CC2(N)CC2)c1O. The smallest absolute Gasteiger partial charge is 0.175 e. The molecule has 2 rings (SSSR count). The molecule has 0 heterocycles. The van der Waals surface area contributed by atoms with Crippen LogP contribution >= 0.6 is 15.9 Å². The number of nitrogens with two attached hydrogens (primary N) is 1. The molecule has 0 aliphatic heterocycles. The lowest BCUT2D eigenvalue weighted by Crippen LogP contribution is -2.25. The first kappa shape index (κ1) is 11.7. The molecule has 1 aliphatic rings. The maximum Gasteiger partial charge on any atom is 0.175 e. The van der Waals surface area contributed by atoms with Gasteiger partial charge in [-0.05, 0) is 41.3 Å². The molecule has 1 aromatic carbocycles. The molecule has 0 saturated heterocycles. The number of halogens is 2. The highest BCUT2D eigenvalue weighted by Gasteiger charge is 2.40. The van der Waals surface area contributed by atoms with Crippen LogP contribution in [0.25, 0.3) is 0 Å². The summed E-state index contributed by atoms with van der Waals surface area (Å²) in [4.78, 5) is 0. The van der Waals surface area contributed by atoms with Crippen molar-refractivity contribution in [3.05, 3.63) is 21.9 Å². The van der Waals surface area contributed by atoms with Gasteiger partial charge in [0.2, 0.25) is 0 Å². The topological polar surface area (TPSA) is 55.5 Å². The van der Waals surface area contributed by atoms with Crippen LogP contribution in [0.4, 0.5) is 4.39 Å². The van der Waals surface area contributed by atoms with Crippen molar-refractivity contribution in [1.82, 2.24) is 0 Å². The van der Waals surface area contributed by atoms with Gasteiger partial charge in [-0.25, -0.2) is 4.39 Å². The molecule has 88 valence electrons. The van der Waals surface area contributed by atoms with E-state index in [1.54, 1.807) is 0 Å². The molecule has 1 fully saturated rings. The average molecular weight is 290 g/mol. The fourth-order valence-electron chi connectivity index (χ4n) is 1.68. The molecule has 16 heavy (non-hydrogen) atoms. The molecule has 0 unspecified atom stereocenters. The molecule has 0 atom stereocenters.